The first-order valence-electron chi connectivity index (χ1n) is 9.56. The molecular formula is C23H22N4O3. The molecule has 0 heterocycles. The Kier molecular flexibility index (Phi) is 6.64. The highest BCUT2D eigenvalue weighted by molar-refractivity contribution is 5.96. The second kappa shape index (κ2) is 9.56. The van der Waals surface area contributed by atoms with Crippen molar-refractivity contribution in [3.63, 3.8) is 0 Å². The molecule has 1 atom stereocenters. The SMILES string of the molecule is CC(C)C(C(=O)Nc1ccc(N=Nc2ccccc2)cc1)c1ccc([N+](=O)[O-])cc1. The molecule has 0 spiro atoms. The quantitative estimate of drug-likeness (QED) is 0.282. The molecule has 0 aromatic heterocycles. The highest BCUT2D eigenvalue weighted by Gasteiger charge is 2.25. The normalized spacial score (nSPS) is 12.1. The second-order valence-electron chi connectivity index (χ2n) is 7.14. The largest absolute Gasteiger partial charge is 0.326 e. The third-order valence-corrected chi connectivity index (χ3v) is 4.58. The average molecular weight is 402 g/mol. The van der Waals surface area contributed by atoms with Crippen LogP contribution in [0.15, 0.2) is 89.1 Å². The summed E-state index contributed by atoms with van der Waals surface area (Å²) in [5.74, 6) is -0.578. The van der Waals surface area contributed by atoms with Crippen LogP contribution < -0.4 is 5.32 Å². The van der Waals surface area contributed by atoms with Crippen LogP contribution in [0.25, 0.3) is 0 Å². The molecule has 0 aliphatic carbocycles. The van der Waals surface area contributed by atoms with E-state index >= 15 is 0 Å². The Balaban J connectivity index is 1.70. The van der Waals surface area contributed by atoms with Crippen molar-refractivity contribution in [2.24, 2.45) is 16.1 Å². The number of nitro groups is 1. The number of hydrogen-bond donors (Lipinski definition) is 1. The number of carbonyl (C=O) groups is 1. The lowest BCUT2D eigenvalue weighted by molar-refractivity contribution is -0.384. The summed E-state index contributed by atoms with van der Waals surface area (Å²) in [5, 5.41) is 22.1. The van der Waals surface area contributed by atoms with Crippen LogP contribution in [-0.4, -0.2) is 10.8 Å². The molecule has 1 unspecified atom stereocenters. The van der Waals surface area contributed by atoms with Gasteiger partial charge in [0.2, 0.25) is 5.91 Å². The molecular weight excluding hydrogens is 380 g/mol. The van der Waals surface area contributed by atoms with E-state index in [9.17, 15) is 14.9 Å². The molecule has 3 rings (SSSR count). The predicted octanol–water partition coefficient (Wildman–Crippen LogP) is 6.39. The molecule has 1 amide bonds. The standard InChI is InChI=1S/C23H22N4O3/c1-16(2)22(17-8-14-21(15-9-17)27(29)30)23(28)24-18-10-12-20(13-11-18)26-25-19-6-4-3-5-7-19/h3-16,22H,1-2H3,(H,24,28). The Morgan fingerprint density at radius 2 is 1.43 bits per heavy atom. The summed E-state index contributed by atoms with van der Waals surface area (Å²) in [6.07, 6.45) is 0. The van der Waals surface area contributed by atoms with Crippen LogP contribution in [0, 0.1) is 16.0 Å². The van der Waals surface area contributed by atoms with Crippen LogP contribution >= 0.6 is 0 Å². The fourth-order valence-corrected chi connectivity index (χ4v) is 3.08. The van der Waals surface area contributed by atoms with E-state index in [1.165, 1.54) is 12.1 Å². The highest BCUT2D eigenvalue weighted by atomic mass is 16.6. The summed E-state index contributed by atoms with van der Waals surface area (Å²) in [6.45, 7) is 3.89. The Morgan fingerprint density at radius 3 is 1.97 bits per heavy atom. The zero-order valence-electron chi connectivity index (χ0n) is 16.7. The van der Waals surface area contributed by atoms with Gasteiger partial charge in [0, 0.05) is 17.8 Å². The number of carbonyl (C=O) groups excluding carboxylic acids is 1. The van der Waals surface area contributed by atoms with Gasteiger partial charge in [-0.25, -0.2) is 0 Å². The van der Waals surface area contributed by atoms with Crippen LogP contribution in [0.1, 0.15) is 25.3 Å². The lowest BCUT2D eigenvalue weighted by Gasteiger charge is -2.20. The van der Waals surface area contributed by atoms with Crippen molar-refractivity contribution in [1.82, 2.24) is 0 Å². The van der Waals surface area contributed by atoms with Crippen molar-refractivity contribution in [2.75, 3.05) is 5.32 Å². The van der Waals surface area contributed by atoms with Gasteiger partial charge in [-0.05, 0) is 47.9 Å². The first-order valence-corrected chi connectivity index (χ1v) is 9.56. The summed E-state index contributed by atoms with van der Waals surface area (Å²) in [5.41, 5.74) is 2.82. The maximum absolute atomic E-state index is 12.9. The van der Waals surface area contributed by atoms with Gasteiger partial charge in [-0.15, -0.1) is 0 Å². The summed E-state index contributed by atoms with van der Waals surface area (Å²) in [7, 11) is 0. The fraction of sp³-hybridized carbons (Fsp3) is 0.174. The number of hydrogen-bond acceptors (Lipinski definition) is 5. The lowest BCUT2D eigenvalue weighted by Crippen LogP contribution is -2.25. The molecule has 0 saturated heterocycles. The molecule has 0 fully saturated rings. The van der Waals surface area contributed by atoms with Crippen LogP contribution in [0.5, 0.6) is 0 Å². The van der Waals surface area contributed by atoms with Crippen molar-refractivity contribution in [3.05, 3.63) is 94.5 Å². The molecule has 0 aliphatic heterocycles. The van der Waals surface area contributed by atoms with E-state index in [0.717, 1.165) is 11.3 Å². The number of nitrogens with zero attached hydrogens (tertiary/aromatic N) is 3. The fourth-order valence-electron chi connectivity index (χ4n) is 3.08. The van der Waals surface area contributed by atoms with E-state index in [0.29, 0.717) is 11.4 Å². The van der Waals surface area contributed by atoms with E-state index in [-0.39, 0.29) is 17.5 Å². The number of anilines is 1. The van der Waals surface area contributed by atoms with Crippen molar-refractivity contribution >= 4 is 28.7 Å². The minimum absolute atomic E-state index is 0.00178. The van der Waals surface area contributed by atoms with Crippen LogP contribution in [-0.2, 0) is 4.79 Å². The number of non-ortho nitro benzene ring substituents is 1. The summed E-state index contributed by atoms with van der Waals surface area (Å²) >= 11 is 0. The third kappa shape index (κ3) is 5.35. The summed E-state index contributed by atoms with van der Waals surface area (Å²) in [6, 6.07) is 22.6. The van der Waals surface area contributed by atoms with Gasteiger partial charge >= 0.3 is 0 Å². The molecule has 0 bridgehead atoms. The topological polar surface area (TPSA) is 97.0 Å². The lowest BCUT2D eigenvalue weighted by atomic mass is 9.87. The maximum atomic E-state index is 12.9. The van der Waals surface area contributed by atoms with E-state index in [1.54, 1.807) is 36.4 Å². The smallest absolute Gasteiger partial charge is 0.269 e. The number of benzene rings is 3. The van der Waals surface area contributed by atoms with E-state index in [2.05, 4.69) is 15.5 Å². The molecule has 30 heavy (non-hydrogen) atoms. The van der Waals surface area contributed by atoms with Gasteiger partial charge in [0.05, 0.1) is 22.2 Å². The van der Waals surface area contributed by atoms with Gasteiger partial charge in [0.25, 0.3) is 5.69 Å². The second-order valence-corrected chi connectivity index (χ2v) is 7.14. The van der Waals surface area contributed by atoms with Crippen LogP contribution in [0.4, 0.5) is 22.7 Å². The van der Waals surface area contributed by atoms with E-state index in [4.69, 9.17) is 0 Å². The van der Waals surface area contributed by atoms with Crippen molar-refractivity contribution in [3.8, 4) is 0 Å². The first kappa shape index (κ1) is 20.9. The highest BCUT2D eigenvalue weighted by Crippen LogP contribution is 2.28. The average Bonchev–Trinajstić information content (AvgIpc) is 2.74. The molecule has 1 N–H and O–H groups in total. The van der Waals surface area contributed by atoms with E-state index < -0.39 is 10.8 Å². The number of nitrogens with one attached hydrogen (secondary N) is 1. The Morgan fingerprint density at radius 1 is 0.867 bits per heavy atom. The molecule has 0 aliphatic rings. The number of rotatable bonds is 7. The Hall–Kier alpha value is -3.87. The maximum Gasteiger partial charge on any atom is 0.269 e. The minimum Gasteiger partial charge on any atom is -0.326 e. The van der Waals surface area contributed by atoms with Gasteiger partial charge in [-0.3, -0.25) is 14.9 Å². The summed E-state index contributed by atoms with van der Waals surface area (Å²) < 4.78 is 0. The van der Waals surface area contributed by atoms with E-state index in [1.807, 2.05) is 44.2 Å². The molecule has 7 nitrogen and oxygen atoms in total. The molecule has 3 aromatic rings. The minimum atomic E-state index is -0.453. The number of azo groups is 1. The number of nitro benzene ring substituents is 1. The van der Waals surface area contributed by atoms with Gasteiger partial charge in [-0.2, -0.15) is 10.2 Å². The Bertz CT molecular complexity index is 1030. The van der Waals surface area contributed by atoms with Gasteiger partial charge in [0.15, 0.2) is 0 Å². The molecule has 152 valence electrons. The monoisotopic (exact) mass is 402 g/mol. The van der Waals surface area contributed by atoms with Crippen LogP contribution in [0.2, 0.25) is 0 Å². The zero-order chi connectivity index (χ0) is 21.5. The predicted molar refractivity (Wildman–Crippen MR) is 116 cm³/mol. The molecule has 0 radical (unpaired) electrons. The van der Waals surface area contributed by atoms with Crippen molar-refractivity contribution in [2.45, 2.75) is 19.8 Å². The van der Waals surface area contributed by atoms with Crippen molar-refractivity contribution in [1.29, 1.82) is 0 Å². The third-order valence-electron chi connectivity index (χ3n) is 4.58. The van der Waals surface area contributed by atoms with Crippen LogP contribution in [0.3, 0.4) is 0 Å². The van der Waals surface area contributed by atoms with Gasteiger partial charge in [-0.1, -0.05) is 44.2 Å². The van der Waals surface area contributed by atoms with Gasteiger partial charge in [0.1, 0.15) is 0 Å². The van der Waals surface area contributed by atoms with Crippen molar-refractivity contribution < 1.29 is 9.72 Å². The van der Waals surface area contributed by atoms with Gasteiger partial charge < -0.3 is 5.32 Å². The Labute approximate surface area is 174 Å². The zero-order valence-corrected chi connectivity index (χ0v) is 16.7. The molecule has 0 saturated carbocycles. The molecule has 3 aromatic carbocycles. The first-order chi connectivity index (χ1) is 14.4. The number of amides is 1. The summed E-state index contributed by atoms with van der Waals surface area (Å²) in [4.78, 5) is 23.3. The molecule has 7 heteroatoms.